The van der Waals surface area contributed by atoms with Gasteiger partial charge in [-0.05, 0) is 64.0 Å². The number of likely N-dealkylation sites (tertiary alicyclic amines) is 2. The van der Waals surface area contributed by atoms with Gasteiger partial charge in [-0.15, -0.1) is 24.0 Å². The van der Waals surface area contributed by atoms with Crippen LogP contribution in [0.25, 0.3) is 0 Å². The first-order chi connectivity index (χ1) is 13.7. The van der Waals surface area contributed by atoms with Crippen LogP contribution in [-0.2, 0) is 4.79 Å². The molecule has 7 heteroatoms. The minimum absolute atomic E-state index is 0. The highest BCUT2D eigenvalue weighted by Crippen LogP contribution is 2.27. The molecule has 1 amide bonds. The summed E-state index contributed by atoms with van der Waals surface area (Å²) in [7, 11) is 1.83. The molecule has 2 saturated heterocycles. The van der Waals surface area contributed by atoms with Crippen molar-refractivity contribution in [2.45, 2.75) is 70.8 Å². The van der Waals surface area contributed by atoms with Gasteiger partial charge in [0.05, 0.1) is 0 Å². The molecule has 2 unspecified atom stereocenters. The number of nitrogens with zero attached hydrogens (tertiary/aromatic N) is 3. The zero-order valence-corrected chi connectivity index (χ0v) is 20.8. The van der Waals surface area contributed by atoms with E-state index in [1.807, 2.05) is 7.05 Å². The summed E-state index contributed by atoms with van der Waals surface area (Å²) in [6.07, 6.45) is 10.8. The molecule has 1 saturated carbocycles. The number of carbonyl (C=O) groups excluding carboxylic acids is 1. The molecule has 6 nitrogen and oxygen atoms in total. The molecule has 0 radical (unpaired) electrons. The average Bonchev–Trinajstić information content (AvgIpc) is 3.38. The van der Waals surface area contributed by atoms with Crippen molar-refractivity contribution in [2.75, 3.05) is 46.3 Å². The van der Waals surface area contributed by atoms with E-state index >= 15 is 0 Å². The van der Waals surface area contributed by atoms with Crippen LogP contribution in [0.1, 0.15) is 64.7 Å². The van der Waals surface area contributed by atoms with Crippen molar-refractivity contribution < 1.29 is 4.79 Å². The fraction of sp³-hybridized carbons (Fsp3) is 0.909. The average molecular weight is 520 g/mol. The molecule has 3 rings (SSSR count). The smallest absolute Gasteiger partial charge is 0.225 e. The third kappa shape index (κ3) is 7.89. The molecule has 2 N–H and O–H groups in total. The van der Waals surface area contributed by atoms with Crippen LogP contribution in [0.4, 0.5) is 0 Å². The predicted molar refractivity (Wildman–Crippen MR) is 131 cm³/mol. The summed E-state index contributed by atoms with van der Waals surface area (Å²) in [6, 6.07) is 0.325. The summed E-state index contributed by atoms with van der Waals surface area (Å²) in [5.41, 5.74) is 0. The molecule has 0 aromatic rings. The van der Waals surface area contributed by atoms with Crippen molar-refractivity contribution in [3.05, 3.63) is 0 Å². The first kappa shape index (κ1) is 24.7. The normalized spacial score (nSPS) is 26.4. The molecule has 29 heavy (non-hydrogen) atoms. The van der Waals surface area contributed by atoms with Crippen molar-refractivity contribution in [2.24, 2.45) is 16.8 Å². The first-order valence-corrected chi connectivity index (χ1v) is 11.6. The van der Waals surface area contributed by atoms with Crippen LogP contribution in [0, 0.1) is 11.8 Å². The lowest BCUT2D eigenvalue weighted by Crippen LogP contribution is -2.45. The molecule has 1 aliphatic carbocycles. The van der Waals surface area contributed by atoms with Crippen molar-refractivity contribution >= 4 is 35.8 Å². The Balaban J connectivity index is 0.00000300. The number of rotatable bonds is 7. The van der Waals surface area contributed by atoms with Gasteiger partial charge in [-0.3, -0.25) is 9.79 Å². The van der Waals surface area contributed by atoms with E-state index in [1.54, 1.807) is 0 Å². The second kappa shape index (κ2) is 13.0. The monoisotopic (exact) mass is 519 g/mol. The summed E-state index contributed by atoms with van der Waals surface area (Å²) < 4.78 is 0. The Bertz CT molecular complexity index is 523. The molecule has 3 fully saturated rings. The largest absolute Gasteiger partial charge is 0.356 e. The van der Waals surface area contributed by atoms with E-state index < -0.39 is 0 Å². The number of nitrogens with one attached hydrogen (secondary N) is 2. The van der Waals surface area contributed by atoms with Gasteiger partial charge in [-0.1, -0.05) is 19.8 Å². The predicted octanol–water partition coefficient (Wildman–Crippen LogP) is 3.07. The number of hydrogen-bond acceptors (Lipinski definition) is 3. The van der Waals surface area contributed by atoms with Crippen LogP contribution >= 0.6 is 24.0 Å². The Labute approximate surface area is 194 Å². The lowest BCUT2D eigenvalue weighted by Gasteiger charge is -2.30. The van der Waals surface area contributed by atoms with E-state index in [0.717, 1.165) is 50.8 Å². The van der Waals surface area contributed by atoms with E-state index in [-0.39, 0.29) is 24.0 Å². The molecular formula is C22H42IN5O. The second-order valence-corrected chi connectivity index (χ2v) is 9.15. The van der Waals surface area contributed by atoms with E-state index in [0.29, 0.717) is 17.9 Å². The Morgan fingerprint density at radius 2 is 1.83 bits per heavy atom. The fourth-order valence-electron chi connectivity index (χ4n) is 5.05. The van der Waals surface area contributed by atoms with E-state index in [2.05, 4.69) is 32.3 Å². The number of piperidine rings is 1. The lowest BCUT2D eigenvalue weighted by molar-refractivity contribution is -0.134. The molecule has 0 bridgehead atoms. The molecular weight excluding hydrogens is 477 g/mol. The maximum absolute atomic E-state index is 12.6. The summed E-state index contributed by atoms with van der Waals surface area (Å²) >= 11 is 0. The minimum atomic E-state index is 0. The topological polar surface area (TPSA) is 60.0 Å². The molecule has 2 aliphatic heterocycles. The van der Waals surface area contributed by atoms with Crippen LogP contribution < -0.4 is 10.6 Å². The van der Waals surface area contributed by atoms with Gasteiger partial charge in [0.2, 0.25) is 5.91 Å². The highest BCUT2D eigenvalue weighted by atomic mass is 127. The van der Waals surface area contributed by atoms with E-state index in [4.69, 9.17) is 0 Å². The summed E-state index contributed by atoms with van der Waals surface area (Å²) in [5.74, 6) is 2.42. The van der Waals surface area contributed by atoms with Crippen LogP contribution in [0.3, 0.4) is 0 Å². The maximum Gasteiger partial charge on any atom is 0.225 e. The Kier molecular flexibility index (Phi) is 11.0. The highest BCUT2D eigenvalue weighted by molar-refractivity contribution is 14.0. The SMILES string of the molecule is CN=C(NCCCCN1CCCC(C)C1)NC1CCN(C(=O)C2CCCC2)C1.I. The summed E-state index contributed by atoms with van der Waals surface area (Å²) in [5, 5.41) is 6.98. The Hall–Kier alpha value is -0.570. The number of hydrogen-bond donors (Lipinski definition) is 2. The Morgan fingerprint density at radius 3 is 2.55 bits per heavy atom. The van der Waals surface area contributed by atoms with Crippen molar-refractivity contribution in [1.82, 2.24) is 20.4 Å². The van der Waals surface area contributed by atoms with Gasteiger partial charge in [0.25, 0.3) is 0 Å². The minimum Gasteiger partial charge on any atom is -0.356 e. The molecule has 0 spiro atoms. The summed E-state index contributed by atoms with van der Waals surface area (Å²) in [4.78, 5) is 21.7. The van der Waals surface area contributed by atoms with Gasteiger partial charge >= 0.3 is 0 Å². The zero-order chi connectivity index (χ0) is 19.8. The van der Waals surface area contributed by atoms with E-state index in [9.17, 15) is 4.79 Å². The van der Waals surface area contributed by atoms with Gasteiger partial charge in [0.1, 0.15) is 0 Å². The number of amides is 1. The van der Waals surface area contributed by atoms with Gasteiger partial charge in [0.15, 0.2) is 5.96 Å². The molecule has 0 aromatic heterocycles. The van der Waals surface area contributed by atoms with Gasteiger partial charge in [0, 0.05) is 45.2 Å². The number of unbranched alkanes of at least 4 members (excludes halogenated alkanes) is 1. The van der Waals surface area contributed by atoms with Gasteiger partial charge in [-0.2, -0.15) is 0 Å². The van der Waals surface area contributed by atoms with E-state index in [1.165, 1.54) is 58.2 Å². The maximum atomic E-state index is 12.6. The molecule has 2 atom stereocenters. The fourth-order valence-corrected chi connectivity index (χ4v) is 5.05. The Morgan fingerprint density at radius 1 is 1.03 bits per heavy atom. The number of aliphatic imine (C=N–C) groups is 1. The van der Waals surface area contributed by atoms with Crippen molar-refractivity contribution in [3.63, 3.8) is 0 Å². The van der Waals surface area contributed by atoms with Crippen LogP contribution in [0.5, 0.6) is 0 Å². The van der Waals surface area contributed by atoms with Gasteiger partial charge in [-0.25, -0.2) is 0 Å². The standard InChI is InChI=1S/C22H41N5O.HI/c1-18-8-7-14-26(16-18)13-6-5-12-24-22(23-2)25-20-11-15-27(17-20)21(28)19-9-3-4-10-19;/h18-20H,3-17H2,1-2H3,(H2,23,24,25);1H. The number of carbonyl (C=O) groups is 1. The number of halogens is 1. The first-order valence-electron chi connectivity index (χ1n) is 11.6. The third-order valence-corrected chi connectivity index (χ3v) is 6.70. The molecule has 3 aliphatic rings. The number of guanidine groups is 1. The van der Waals surface area contributed by atoms with Crippen LogP contribution in [-0.4, -0.2) is 74.0 Å². The van der Waals surface area contributed by atoms with Gasteiger partial charge < -0.3 is 20.4 Å². The van der Waals surface area contributed by atoms with Crippen molar-refractivity contribution in [3.8, 4) is 0 Å². The molecule has 2 heterocycles. The van der Waals surface area contributed by atoms with Crippen LogP contribution in [0.15, 0.2) is 4.99 Å². The molecule has 168 valence electrons. The zero-order valence-electron chi connectivity index (χ0n) is 18.5. The third-order valence-electron chi connectivity index (χ3n) is 6.70. The lowest BCUT2D eigenvalue weighted by atomic mass is 10.0. The van der Waals surface area contributed by atoms with Crippen LogP contribution in [0.2, 0.25) is 0 Å². The van der Waals surface area contributed by atoms with Crippen molar-refractivity contribution in [1.29, 1.82) is 0 Å². The second-order valence-electron chi connectivity index (χ2n) is 9.15. The highest BCUT2D eigenvalue weighted by Gasteiger charge is 2.32. The summed E-state index contributed by atoms with van der Waals surface area (Å²) in [6.45, 7) is 8.81. The molecule has 0 aromatic carbocycles. The quantitative estimate of drug-likeness (QED) is 0.235.